The molecular weight excluding hydrogens is 308 g/mol. The van der Waals surface area contributed by atoms with Gasteiger partial charge in [0.2, 0.25) is 0 Å². The number of amides is 1. The van der Waals surface area contributed by atoms with Crippen LogP contribution in [0.1, 0.15) is 15.9 Å². The molecule has 0 heterocycles. The van der Waals surface area contributed by atoms with Crippen molar-refractivity contribution in [3.8, 4) is 0 Å². The van der Waals surface area contributed by atoms with Crippen LogP contribution < -0.4 is 5.43 Å². The Morgan fingerprint density at radius 3 is 1.96 bits per heavy atom. The molecule has 4 rings (SSSR count). The SMILES string of the molecule is O=C(N/N=C/c1c2ccccc2cc2ccccc12)c1ccccc1. The second-order valence-corrected chi connectivity index (χ2v) is 5.80. The zero-order valence-corrected chi connectivity index (χ0v) is 13.5. The van der Waals surface area contributed by atoms with Crippen LogP contribution in [0.3, 0.4) is 0 Å². The third-order valence-electron chi connectivity index (χ3n) is 4.21. The summed E-state index contributed by atoms with van der Waals surface area (Å²) < 4.78 is 0. The van der Waals surface area contributed by atoms with Crippen molar-refractivity contribution in [1.82, 2.24) is 5.43 Å². The van der Waals surface area contributed by atoms with E-state index in [0.717, 1.165) is 27.1 Å². The molecule has 0 unspecified atom stereocenters. The summed E-state index contributed by atoms with van der Waals surface area (Å²) in [6.45, 7) is 0. The maximum atomic E-state index is 12.1. The highest BCUT2D eigenvalue weighted by Gasteiger charge is 2.06. The number of fused-ring (bicyclic) bond motifs is 2. The van der Waals surface area contributed by atoms with Crippen LogP contribution in [0.4, 0.5) is 0 Å². The highest BCUT2D eigenvalue weighted by Crippen LogP contribution is 2.27. The zero-order valence-electron chi connectivity index (χ0n) is 13.5. The smallest absolute Gasteiger partial charge is 0.267 e. The van der Waals surface area contributed by atoms with Crippen LogP contribution in [0, 0.1) is 0 Å². The van der Waals surface area contributed by atoms with E-state index in [-0.39, 0.29) is 5.91 Å². The maximum Gasteiger partial charge on any atom is 0.271 e. The monoisotopic (exact) mass is 324 g/mol. The second-order valence-electron chi connectivity index (χ2n) is 5.80. The lowest BCUT2D eigenvalue weighted by molar-refractivity contribution is 0.0955. The van der Waals surface area contributed by atoms with Crippen molar-refractivity contribution in [2.45, 2.75) is 0 Å². The van der Waals surface area contributed by atoms with Crippen molar-refractivity contribution in [1.29, 1.82) is 0 Å². The van der Waals surface area contributed by atoms with E-state index in [0.29, 0.717) is 5.56 Å². The quantitative estimate of drug-likeness (QED) is 0.329. The van der Waals surface area contributed by atoms with Gasteiger partial charge in [0.1, 0.15) is 0 Å². The van der Waals surface area contributed by atoms with Crippen molar-refractivity contribution in [3.05, 3.63) is 96.1 Å². The molecule has 0 aliphatic carbocycles. The van der Waals surface area contributed by atoms with Crippen molar-refractivity contribution in [2.75, 3.05) is 0 Å². The first-order valence-corrected chi connectivity index (χ1v) is 8.12. The molecule has 4 aromatic rings. The van der Waals surface area contributed by atoms with E-state index >= 15 is 0 Å². The van der Waals surface area contributed by atoms with E-state index in [1.807, 2.05) is 42.5 Å². The summed E-state index contributed by atoms with van der Waals surface area (Å²) in [6, 6.07) is 27.6. The number of nitrogens with zero attached hydrogens (tertiary/aromatic N) is 1. The summed E-state index contributed by atoms with van der Waals surface area (Å²) in [7, 11) is 0. The molecule has 0 spiro atoms. The van der Waals surface area contributed by atoms with E-state index in [9.17, 15) is 4.79 Å². The molecule has 0 aliphatic rings. The standard InChI is InChI=1S/C22H16N2O/c25-22(16-8-2-1-3-9-16)24-23-15-21-19-12-6-4-10-17(19)14-18-11-5-7-13-20(18)21/h1-15H,(H,24,25)/b23-15+. The topological polar surface area (TPSA) is 41.5 Å². The Labute approximate surface area is 145 Å². The number of hydrogen-bond acceptors (Lipinski definition) is 2. The first-order chi connectivity index (χ1) is 12.3. The fourth-order valence-corrected chi connectivity index (χ4v) is 3.00. The van der Waals surface area contributed by atoms with E-state index in [1.54, 1.807) is 18.3 Å². The molecule has 4 aromatic carbocycles. The van der Waals surface area contributed by atoms with Gasteiger partial charge in [-0.25, -0.2) is 5.43 Å². The van der Waals surface area contributed by atoms with Crippen LogP contribution in [0.5, 0.6) is 0 Å². The Bertz CT molecular complexity index is 1030. The predicted molar refractivity (Wildman–Crippen MR) is 103 cm³/mol. The Morgan fingerprint density at radius 1 is 0.760 bits per heavy atom. The number of hydrogen-bond donors (Lipinski definition) is 1. The summed E-state index contributed by atoms with van der Waals surface area (Å²) >= 11 is 0. The molecule has 3 heteroatoms. The molecule has 0 saturated heterocycles. The normalized spacial score (nSPS) is 11.2. The van der Waals surface area contributed by atoms with Crippen LogP contribution in [-0.2, 0) is 0 Å². The van der Waals surface area contributed by atoms with E-state index in [2.05, 4.69) is 40.9 Å². The van der Waals surface area contributed by atoms with E-state index in [4.69, 9.17) is 0 Å². The minimum absolute atomic E-state index is 0.221. The van der Waals surface area contributed by atoms with Crippen molar-refractivity contribution >= 4 is 33.7 Å². The number of benzene rings is 4. The van der Waals surface area contributed by atoms with Gasteiger partial charge in [0.05, 0.1) is 6.21 Å². The van der Waals surface area contributed by atoms with Crippen LogP contribution in [0.25, 0.3) is 21.5 Å². The van der Waals surface area contributed by atoms with Crippen LogP contribution in [0.2, 0.25) is 0 Å². The number of rotatable bonds is 3. The van der Waals surface area contributed by atoms with Gasteiger partial charge in [0.15, 0.2) is 0 Å². The Morgan fingerprint density at radius 2 is 1.32 bits per heavy atom. The molecule has 0 saturated carbocycles. The fourth-order valence-electron chi connectivity index (χ4n) is 3.00. The molecule has 0 atom stereocenters. The van der Waals surface area contributed by atoms with Gasteiger partial charge in [0, 0.05) is 11.1 Å². The lowest BCUT2D eigenvalue weighted by atomic mass is 9.97. The number of carbonyl (C=O) groups excluding carboxylic acids is 1. The summed E-state index contributed by atoms with van der Waals surface area (Å²) in [6.07, 6.45) is 1.73. The highest BCUT2D eigenvalue weighted by atomic mass is 16.2. The third-order valence-corrected chi connectivity index (χ3v) is 4.21. The largest absolute Gasteiger partial charge is 0.271 e. The van der Waals surface area contributed by atoms with Crippen molar-refractivity contribution < 1.29 is 4.79 Å². The Balaban J connectivity index is 1.73. The highest BCUT2D eigenvalue weighted by molar-refractivity contribution is 6.13. The molecular formula is C22H16N2O. The van der Waals surface area contributed by atoms with E-state index < -0.39 is 0 Å². The molecule has 1 N–H and O–H groups in total. The molecule has 120 valence electrons. The maximum absolute atomic E-state index is 12.1. The van der Waals surface area contributed by atoms with Gasteiger partial charge < -0.3 is 0 Å². The van der Waals surface area contributed by atoms with Crippen molar-refractivity contribution in [2.24, 2.45) is 5.10 Å². The number of hydrazone groups is 1. The number of carbonyl (C=O) groups is 1. The zero-order chi connectivity index (χ0) is 17.1. The van der Waals surface area contributed by atoms with Crippen molar-refractivity contribution in [3.63, 3.8) is 0 Å². The number of nitrogens with one attached hydrogen (secondary N) is 1. The Hall–Kier alpha value is -3.46. The van der Waals surface area contributed by atoms with Crippen LogP contribution >= 0.6 is 0 Å². The molecule has 1 amide bonds. The lowest BCUT2D eigenvalue weighted by Gasteiger charge is -2.08. The van der Waals surface area contributed by atoms with Gasteiger partial charge in [-0.1, -0.05) is 66.7 Å². The van der Waals surface area contributed by atoms with Gasteiger partial charge in [-0.15, -0.1) is 0 Å². The van der Waals surface area contributed by atoms with Gasteiger partial charge in [-0.2, -0.15) is 5.10 Å². The van der Waals surface area contributed by atoms with Gasteiger partial charge in [-0.05, 0) is 39.7 Å². The first-order valence-electron chi connectivity index (χ1n) is 8.12. The minimum atomic E-state index is -0.221. The van der Waals surface area contributed by atoms with Crippen LogP contribution in [-0.4, -0.2) is 12.1 Å². The second kappa shape index (κ2) is 6.57. The molecule has 0 aromatic heterocycles. The summed E-state index contributed by atoms with van der Waals surface area (Å²) in [4.78, 5) is 12.1. The average Bonchev–Trinajstić information content (AvgIpc) is 2.68. The summed E-state index contributed by atoms with van der Waals surface area (Å²) in [5.74, 6) is -0.221. The fraction of sp³-hybridized carbons (Fsp3) is 0. The van der Waals surface area contributed by atoms with Gasteiger partial charge in [0.25, 0.3) is 5.91 Å². The van der Waals surface area contributed by atoms with Gasteiger partial charge in [-0.3, -0.25) is 4.79 Å². The molecule has 0 aliphatic heterocycles. The molecule has 0 bridgehead atoms. The van der Waals surface area contributed by atoms with Crippen LogP contribution in [0.15, 0.2) is 90.0 Å². The lowest BCUT2D eigenvalue weighted by Crippen LogP contribution is -2.17. The predicted octanol–water partition coefficient (Wildman–Crippen LogP) is 4.76. The first kappa shape index (κ1) is 15.1. The molecule has 0 fully saturated rings. The molecule has 3 nitrogen and oxygen atoms in total. The Kier molecular flexibility index (Phi) is 3.97. The summed E-state index contributed by atoms with van der Waals surface area (Å²) in [5.41, 5.74) is 4.19. The third kappa shape index (κ3) is 3.00. The minimum Gasteiger partial charge on any atom is -0.267 e. The molecule has 25 heavy (non-hydrogen) atoms. The summed E-state index contributed by atoms with van der Waals surface area (Å²) in [5, 5.41) is 8.71. The van der Waals surface area contributed by atoms with Gasteiger partial charge >= 0.3 is 0 Å². The molecule has 0 radical (unpaired) electrons. The average molecular weight is 324 g/mol. The van der Waals surface area contributed by atoms with E-state index in [1.165, 1.54) is 0 Å².